The van der Waals surface area contributed by atoms with Gasteiger partial charge in [0.1, 0.15) is 5.84 Å². The number of anilines is 1. The van der Waals surface area contributed by atoms with Gasteiger partial charge in [-0.2, -0.15) is 0 Å². The van der Waals surface area contributed by atoms with Gasteiger partial charge >= 0.3 is 0 Å². The third kappa shape index (κ3) is 1.20. The molecule has 0 fully saturated rings. The Morgan fingerprint density at radius 1 is 1.27 bits per heavy atom. The first-order valence-electron chi connectivity index (χ1n) is 4.99. The van der Waals surface area contributed by atoms with Gasteiger partial charge in [0.2, 0.25) is 0 Å². The summed E-state index contributed by atoms with van der Waals surface area (Å²) in [5, 5.41) is 0. The van der Waals surface area contributed by atoms with Crippen molar-refractivity contribution in [1.29, 1.82) is 0 Å². The number of hydrogen-bond acceptors (Lipinski definition) is 3. The predicted molar refractivity (Wildman–Crippen MR) is 62.6 cm³/mol. The Morgan fingerprint density at radius 3 is 3.07 bits per heavy atom. The van der Waals surface area contributed by atoms with Crippen molar-refractivity contribution in [3.05, 3.63) is 41.7 Å². The molecule has 1 aromatic carbocycles. The molecule has 0 saturated heterocycles. The molecule has 0 bridgehead atoms. The minimum Gasteiger partial charge on any atom is -0.299 e. The standard InChI is InChI=1S/C12H11N3/c1-9-14-8-11-7-13-6-10-4-2-3-5-12(10)15(9)11/h2-7H,8H2,1H3. The van der Waals surface area contributed by atoms with Gasteiger partial charge in [0.25, 0.3) is 0 Å². The van der Waals surface area contributed by atoms with Crippen molar-refractivity contribution in [2.75, 3.05) is 11.4 Å². The van der Waals surface area contributed by atoms with Gasteiger partial charge < -0.3 is 0 Å². The Balaban J connectivity index is 2.22. The van der Waals surface area contributed by atoms with Crippen molar-refractivity contribution in [3.63, 3.8) is 0 Å². The molecule has 3 rings (SSSR count). The molecule has 2 aliphatic heterocycles. The van der Waals surface area contributed by atoms with Crippen LogP contribution in [-0.4, -0.2) is 18.6 Å². The Hall–Kier alpha value is -1.90. The lowest BCUT2D eigenvalue weighted by Gasteiger charge is -2.20. The Morgan fingerprint density at radius 2 is 2.13 bits per heavy atom. The van der Waals surface area contributed by atoms with Gasteiger partial charge in [-0.25, -0.2) is 0 Å². The van der Waals surface area contributed by atoms with Crippen LogP contribution in [0.1, 0.15) is 12.5 Å². The molecular formula is C12H11N3. The highest BCUT2D eigenvalue weighted by atomic mass is 15.3. The highest BCUT2D eigenvalue weighted by Crippen LogP contribution is 2.28. The van der Waals surface area contributed by atoms with Gasteiger partial charge in [-0.1, -0.05) is 18.2 Å². The molecular weight excluding hydrogens is 186 g/mol. The molecule has 3 nitrogen and oxygen atoms in total. The van der Waals surface area contributed by atoms with Gasteiger partial charge in [0, 0.05) is 18.0 Å². The smallest absolute Gasteiger partial charge is 0.105 e. The van der Waals surface area contributed by atoms with Crippen molar-refractivity contribution in [2.45, 2.75) is 6.92 Å². The van der Waals surface area contributed by atoms with Crippen LogP contribution in [0.4, 0.5) is 5.69 Å². The number of rotatable bonds is 0. The first-order chi connectivity index (χ1) is 7.36. The van der Waals surface area contributed by atoms with Crippen molar-refractivity contribution >= 4 is 17.7 Å². The van der Waals surface area contributed by atoms with E-state index in [1.165, 1.54) is 5.69 Å². The molecule has 0 saturated carbocycles. The minimum absolute atomic E-state index is 0.734. The van der Waals surface area contributed by atoms with Gasteiger partial charge in [0.15, 0.2) is 0 Å². The third-order valence-corrected chi connectivity index (χ3v) is 2.70. The van der Waals surface area contributed by atoms with Crippen LogP contribution < -0.4 is 4.90 Å². The largest absolute Gasteiger partial charge is 0.299 e. The summed E-state index contributed by atoms with van der Waals surface area (Å²) in [5.74, 6) is 1.04. The molecule has 15 heavy (non-hydrogen) atoms. The zero-order chi connectivity index (χ0) is 10.3. The summed E-state index contributed by atoms with van der Waals surface area (Å²) >= 11 is 0. The number of amidine groups is 1. The second kappa shape index (κ2) is 3.05. The fourth-order valence-corrected chi connectivity index (χ4v) is 1.98. The summed E-state index contributed by atoms with van der Waals surface area (Å²) in [6, 6.07) is 8.24. The second-order valence-corrected chi connectivity index (χ2v) is 3.66. The maximum atomic E-state index is 4.42. The van der Waals surface area contributed by atoms with Gasteiger partial charge in [-0.15, -0.1) is 0 Å². The Bertz CT molecular complexity index is 497. The van der Waals surface area contributed by atoms with Crippen LogP contribution in [0.2, 0.25) is 0 Å². The lowest BCUT2D eigenvalue weighted by Crippen LogP contribution is -2.23. The maximum Gasteiger partial charge on any atom is 0.105 e. The summed E-state index contributed by atoms with van der Waals surface area (Å²) in [6.07, 6.45) is 3.79. The van der Waals surface area contributed by atoms with E-state index in [1.54, 1.807) is 0 Å². The molecule has 0 amide bonds. The molecule has 0 unspecified atom stereocenters. The quantitative estimate of drug-likeness (QED) is 0.626. The van der Waals surface area contributed by atoms with Crippen molar-refractivity contribution in [3.8, 4) is 0 Å². The molecule has 3 heteroatoms. The number of benzene rings is 1. The summed E-state index contributed by atoms with van der Waals surface area (Å²) in [7, 11) is 0. The maximum absolute atomic E-state index is 4.42. The van der Waals surface area contributed by atoms with Crippen LogP contribution >= 0.6 is 0 Å². The number of hydrogen-bond donors (Lipinski definition) is 0. The molecule has 0 N–H and O–H groups in total. The first-order valence-corrected chi connectivity index (χ1v) is 4.99. The topological polar surface area (TPSA) is 28.0 Å². The number of para-hydroxylation sites is 1. The van der Waals surface area contributed by atoms with Crippen LogP contribution in [0.15, 0.2) is 46.1 Å². The van der Waals surface area contributed by atoms with Crippen LogP contribution in [0.5, 0.6) is 0 Å². The SMILES string of the molecule is CC1=NCC2=CN=Cc3ccccc3N21. The average Bonchev–Trinajstić information content (AvgIpc) is 2.52. The normalized spacial score (nSPS) is 17.8. The fourth-order valence-electron chi connectivity index (χ4n) is 1.98. The monoisotopic (exact) mass is 197 g/mol. The molecule has 74 valence electrons. The zero-order valence-electron chi connectivity index (χ0n) is 8.51. The van der Waals surface area contributed by atoms with Crippen LogP contribution in [0.25, 0.3) is 0 Å². The molecule has 0 aromatic heterocycles. The van der Waals surface area contributed by atoms with Crippen molar-refractivity contribution < 1.29 is 0 Å². The highest BCUT2D eigenvalue weighted by Gasteiger charge is 2.23. The fraction of sp³-hybridized carbons (Fsp3) is 0.167. The van der Waals surface area contributed by atoms with Gasteiger partial charge in [0.05, 0.1) is 17.9 Å². The predicted octanol–water partition coefficient (Wildman–Crippen LogP) is 2.20. The Kier molecular flexibility index (Phi) is 1.71. The number of nitrogens with zero attached hydrogens (tertiary/aromatic N) is 3. The first kappa shape index (κ1) is 8.41. The van der Waals surface area contributed by atoms with Gasteiger partial charge in [-0.05, 0) is 13.0 Å². The second-order valence-electron chi connectivity index (χ2n) is 3.66. The van der Waals surface area contributed by atoms with E-state index in [4.69, 9.17) is 0 Å². The van der Waals surface area contributed by atoms with E-state index in [2.05, 4.69) is 27.0 Å². The molecule has 1 aromatic rings. The molecule has 0 aliphatic carbocycles. The molecule has 0 atom stereocenters. The third-order valence-electron chi connectivity index (χ3n) is 2.70. The van der Waals surface area contributed by atoms with E-state index in [0.717, 1.165) is 23.6 Å². The average molecular weight is 197 g/mol. The van der Waals surface area contributed by atoms with Crippen LogP contribution in [-0.2, 0) is 0 Å². The van der Waals surface area contributed by atoms with E-state index in [-0.39, 0.29) is 0 Å². The van der Waals surface area contributed by atoms with E-state index < -0.39 is 0 Å². The molecule has 2 heterocycles. The zero-order valence-corrected chi connectivity index (χ0v) is 8.51. The molecule has 0 spiro atoms. The number of aliphatic imine (C=N–C) groups is 2. The van der Waals surface area contributed by atoms with Gasteiger partial charge in [-0.3, -0.25) is 14.9 Å². The molecule has 0 radical (unpaired) electrons. The minimum atomic E-state index is 0.734. The number of fused-ring (bicyclic) bond motifs is 3. The summed E-state index contributed by atoms with van der Waals surface area (Å²) in [4.78, 5) is 10.9. The molecule has 2 aliphatic rings. The highest BCUT2D eigenvalue weighted by molar-refractivity contribution is 6.05. The van der Waals surface area contributed by atoms with E-state index >= 15 is 0 Å². The Labute approximate surface area is 88.5 Å². The summed E-state index contributed by atoms with van der Waals surface area (Å²) < 4.78 is 0. The summed E-state index contributed by atoms with van der Waals surface area (Å²) in [5.41, 5.74) is 3.46. The lowest BCUT2D eigenvalue weighted by molar-refractivity contribution is 1.15. The van der Waals surface area contributed by atoms with E-state index in [1.807, 2.05) is 31.5 Å². The summed E-state index contributed by atoms with van der Waals surface area (Å²) in [6.45, 7) is 2.76. The lowest BCUT2D eigenvalue weighted by atomic mass is 10.1. The van der Waals surface area contributed by atoms with Crippen LogP contribution in [0.3, 0.4) is 0 Å². The van der Waals surface area contributed by atoms with Crippen LogP contribution in [0, 0.1) is 0 Å². The van der Waals surface area contributed by atoms with Crippen molar-refractivity contribution in [2.24, 2.45) is 9.98 Å². The van der Waals surface area contributed by atoms with E-state index in [9.17, 15) is 0 Å². The van der Waals surface area contributed by atoms with Crippen molar-refractivity contribution in [1.82, 2.24) is 0 Å². The van der Waals surface area contributed by atoms with E-state index in [0.29, 0.717) is 0 Å².